The highest BCUT2D eigenvalue weighted by atomic mass is 15.0. The van der Waals surface area contributed by atoms with E-state index in [9.17, 15) is 5.26 Å². The first-order valence-electron chi connectivity index (χ1n) is 49.3. The minimum absolute atomic E-state index is 0.554. The minimum Gasteiger partial charge on any atom is -0.309 e. The normalized spacial score (nSPS) is 11.7. The van der Waals surface area contributed by atoms with E-state index in [4.69, 9.17) is 34.9 Å². The van der Waals surface area contributed by atoms with Crippen molar-refractivity contribution in [3.8, 4) is 113 Å². The molecule has 0 fully saturated rings. The first kappa shape index (κ1) is 84.8. The molecule has 0 radical (unpaired) electrons. The Balaban J connectivity index is 0.000000107. The number of benzene rings is 21. The number of pyridine rings is 3. The highest BCUT2D eigenvalue weighted by Crippen LogP contribution is 2.46. The van der Waals surface area contributed by atoms with Gasteiger partial charge in [0.1, 0.15) is 6.07 Å². The maximum absolute atomic E-state index is 10.7. The van der Waals surface area contributed by atoms with Crippen LogP contribution in [0.3, 0.4) is 0 Å². The van der Waals surface area contributed by atoms with E-state index in [2.05, 4.69) is 412 Å². The Labute approximate surface area is 842 Å². The number of nitrogens with zero attached hydrogens (tertiary/aromatic N) is 13. The predicted molar refractivity (Wildman–Crippen MR) is 606 cm³/mol. The zero-order valence-electron chi connectivity index (χ0n) is 79.1. The van der Waals surface area contributed by atoms with Gasteiger partial charge in [0.15, 0.2) is 23.1 Å². The van der Waals surface area contributed by atoms with Gasteiger partial charge >= 0.3 is 0 Å². The molecule has 13 heteroatoms. The van der Waals surface area contributed by atoms with E-state index >= 15 is 0 Å². The monoisotopic (exact) mass is 1870 g/mol. The minimum atomic E-state index is 0.554. The molecule has 21 aromatic carbocycles. The second-order valence-electron chi connectivity index (χ2n) is 37.4. The van der Waals surface area contributed by atoms with E-state index in [-0.39, 0.29) is 0 Å². The van der Waals surface area contributed by atoms with Gasteiger partial charge in [-0.2, -0.15) is 5.26 Å². The third-order valence-electron chi connectivity index (χ3n) is 28.9. The van der Waals surface area contributed by atoms with Crippen molar-refractivity contribution in [2.24, 2.45) is 0 Å². The fourth-order valence-corrected chi connectivity index (χ4v) is 21.9. The molecule has 0 N–H and O–H groups in total. The highest BCUT2D eigenvalue weighted by Gasteiger charge is 2.25. The van der Waals surface area contributed by atoms with Crippen LogP contribution in [0.2, 0.25) is 0 Å². The standard InChI is InChI=1S/C47H28N4.C44H27N5.C43H26N4/c48-29-37-26-36(47-49-41-17-9-8-16-39(41)46(50-47)33-20-18-31(19-21-33)30-10-2-1-3-11-30)23-24-42(37)51-43-25-22-32-12-6-7-15-38(32)45(43)40-27-34-13-4-5-14-35(34)28-44(40)51;1-3-9-32-25-41-37(23-30(32)7-1)38-24-31-8-2-4-10-33(31)26-42(38)49(41)35-16-13-29(14-17-35)44-47-40-12-6-5-11-36(40)43(48-44)34-15-18-39(46-27-34)28-19-21-45-22-20-28;1-2-12-31-26-39-38(25-30(31)11-1)36-23-20-28-10-4-6-15-34(28)41(36)47(39)32-21-18-29(19-22-32)42-45-40(37-17-8-24-44-43(37)46-42)35-16-7-13-27-9-3-5-14-33(27)35/h1-28H;1-27H;1-26H. The van der Waals surface area contributed by atoms with Crippen LogP contribution in [-0.2, 0) is 0 Å². The second kappa shape index (κ2) is 35.2. The molecule has 30 aromatic rings. The molecule has 9 heterocycles. The maximum atomic E-state index is 10.7. The van der Waals surface area contributed by atoms with Gasteiger partial charge in [0.25, 0.3) is 0 Å². The molecule has 0 amide bonds. The van der Waals surface area contributed by atoms with Crippen molar-refractivity contribution in [3.05, 3.63) is 497 Å². The molecule has 30 rings (SSSR count). The maximum Gasteiger partial charge on any atom is 0.163 e. The zero-order chi connectivity index (χ0) is 97.1. The number of rotatable bonds is 11. The van der Waals surface area contributed by atoms with Gasteiger partial charge in [0.2, 0.25) is 0 Å². The number of hydrogen-bond acceptors (Lipinski definition) is 10. The number of aromatic nitrogens is 12. The van der Waals surface area contributed by atoms with Crippen LogP contribution in [0.15, 0.2) is 492 Å². The number of para-hydroxylation sites is 2. The number of fused-ring (bicyclic) bond motifs is 21. The molecule has 9 aromatic heterocycles. The molecule has 0 saturated carbocycles. The summed E-state index contributed by atoms with van der Waals surface area (Å²) >= 11 is 0. The van der Waals surface area contributed by atoms with Gasteiger partial charge in [-0.1, -0.05) is 297 Å². The lowest BCUT2D eigenvalue weighted by Crippen LogP contribution is -2.00. The summed E-state index contributed by atoms with van der Waals surface area (Å²) < 4.78 is 7.04. The summed E-state index contributed by atoms with van der Waals surface area (Å²) in [7, 11) is 0. The SMILES string of the molecule is N#Cc1cc(-c2nc(-c3ccc(-c4ccccc4)cc3)c3ccccc3n2)ccc1-n1c2cc3ccccc3cc2c2c3ccccc3ccc21.c1ccc2cc3c(cc2c1)c1cc2ccccc2cc1n3-c1ccc(-c2nc(-c3ccc(-c4ccncc4)nc3)c3ccccc3n2)cc1.c1ccc2cc3c(cc2c1)c1ccc2ccccc2c1n3-c1ccc(-c2nc(-c3cccc4ccccc34)c3cccnc3n2)cc1. The summed E-state index contributed by atoms with van der Waals surface area (Å²) in [6.07, 6.45) is 7.26. The molecule has 0 atom stereocenters. The van der Waals surface area contributed by atoms with E-state index in [0.29, 0.717) is 28.7 Å². The Morgan fingerprint density at radius 2 is 0.646 bits per heavy atom. The van der Waals surface area contributed by atoms with Crippen LogP contribution in [0.1, 0.15) is 5.56 Å². The first-order valence-corrected chi connectivity index (χ1v) is 49.3. The largest absolute Gasteiger partial charge is 0.309 e. The van der Waals surface area contributed by atoms with E-state index in [0.717, 1.165) is 139 Å². The van der Waals surface area contributed by atoms with Crippen LogP contribution in [0.4, 0.5) is 0 Å². The summed E-state index contributed by atoms with van der Waals surface area (Å²) in [5.41, 5.74) is 25.5. The Morgan fingerprint density at radius 3 is 1.24 bits per heavy atom. The Bertz CT molecular complexity index is 10500. The number of nitriles is 1. The molecule has 147 heavy (non-hydrogen) atoms. The van der Waals surface area contributed by atoms with Crippen molar-refractivity contribution in [1.29, 1.82) is 5.26 Å². The van der Waals surface area contributed by atoms with Crippen molar-refractivity contribution in [1.82, 2.24) is 58.6 Å². The Hall–Kier alpha value is -20.2. The molecule has 0 aliphatic heterocycles. The molecule has 0 spiro atoms. The van der Waals surface area contributed by atoms with Crippen LogP contribution >= 0.6 is 0 Å². The summed E-state index contributed by atoms with van der Waals surface area (Å²) in [5.74, 6) is 1.92. The summed E-state index contributed by atoms with van der Waals surface area (Å²) in [6, 6.07) is 167. The average Bonchev–Trinajstić information content (AvgIpc) is 1.58. The van der Waals surface area contributed by atoms with E-state index in [1.54, 1.807) is 18.6 Å². The fraction of sp³-hybridized carbons (Fsp3) is 0. The topological polar surface area (TPSA) is 155 Å². The smallest absolute Gasteiger partial charge is 0.163 e. The third-order valence-corrected chi connectivity index (χ3v) is 28.9. The van der Waals surface area contributed by atoms with Crippen molar-refractivity contribution in [3.63, 3.8) is 0 Å². The van der Waals surface area contributed by atoms with Crippen LogP contribution in [0, 0.1) is 11.3 Å². The lowest BCUT2D eigenvalue weighted by atomic mass is 10.00. The molecular weight excluding hydrogens is 1790 g/mol. The van der Waals surface area contributed by atoms with Crippen LogP contribution < -0.4 is 0 Å². The molecule has 0 unspecified atom stereocenters. The van der Waals surface area contributed by atoms with Crippen LogP contribution in [0.5, 0.6) is 0 Å². The zero-order valence-corrected chi connectivity index (χ0v) is 79.1. The summed E-state index contributed by atoms with van der Waals surface area (Å²) in [6.45, 7) is 0. The van der Waals surface area contributed by atoms with Crippen molar-refractivity contribution in [2.75, 3.05) is 0 Å². The fourth-order valence-electron chi connectivity index (χ4n) is 21.9. The van der Waals surface area contributed by atoms with E-state index < -0.39 is 0 Å². The molecule has 682 valence electrons. The van der Waals surface area contributed by atoms with Gasteiger partial charge in [-0.3, -0.25) is 9.97 Å². The molecule has 13 nitrogen and oxygen atoms in total. The van der Waals surface area contributed by atoms with Crippen LogP contribution in [-0.4, -0.2) is 58.6 Å². The predicted octanol–water partition coefficient (Wildman–Crippen LogP) is 33.6. The summed E-state index contributed by atoms with van der Waals surface area (Å²) in [5, 5.41) is 37.8. The number of hydrogen-bond donors (Lipinski definition) is 0. The lowest BCUT2D eigenvalue weighted by Gasteiger charge is -2.13. The quantitative estimate of drug-likeness (QED) is 0.122. The Kier molecular flexibility index (Phi) is 20.3. The highest BCUT2D eigenvalue weighted by molar-refractivity contribution is 6.25. The summed E-state index contributed by atoms with van der Waals surface area (Å²) in [4.78, 5) is 44.0. The van der Waals surface area contributed by atoms with Crippen molar-refractivity contribution >= 4 is 174 Å². The lowest BCUT2D eigenvalue weighted by molar-refractivity contribution is 1.16. The molecule has 0 aliphatic rings. The third kappa shape index (κ3) is 14.8. The van der Waals surface area contributed by atoms with Gasteiger partial charge in [-0.05, 0) is 251 Å². The van der Waals surface area contributed by atoms with Gasteiger partial charge < -0.3 is 13.7 Å². The van der Waals surface area contributed by atoms with Crippen LogP contribution in [0.25, 0.3) is 281 Å². The van der Waals surface area contributed by atoms with Gasteiger partial charge in [0.05, 0.1) is 78.2 Å². The van der Waals surface area contributed by atoms with Gasteiger partial charge in [-0.25, -0.2) is 34.9 Å². The van der Waals surface area contributed by atoms with Gasteiger partial charge in [0, 0.05) is 129 Å². The Morgan fingerprint density at radius 1 is 0.218 bits per heavy atom. The van der Waals surface area contributed by atoms with Gasteiger partial charge in [-0.15, -0.1) is 0 Å². The second-order valence-corrected chi connectivity index (χ2v) is 37.4. The van der Waals surface area contributed by atoms with Crippen molar-refractivity contribution < 1.29 is 0 Å². The first-order chi connectivity index (χ1) is 72.8. The van der Waals surface area contributed by atoms with E-state index in [1.807, 2.05) is 91.1 Å². The molecule has 0 saturated heterocycles. The van der Waals surface area contributed by atoms with E-state index in [1.165, 1.54) is 119 Å². The molecular formula is C134H81N13. The molecule has 0 aliphatic carbocycles. The molecule has 0 bridgehead atoms. The van der Waals surface area contributed by atoms with Crippen molar-refractivity contribution in [2.45, 2.75) is 0 Å². The average molecular weight is 1870 g/mol.